The van der Waals surface area contributed by atoms with Crippen LogP contribution in [0, 0.1) is 0 Å². The van der Waals surface area contributed by atoms with E-state index in [0.717, 1.165) is 42.4 Å². The van der Waals surface area contributed by atoms with E-state index >= 15 is 0 Å². The van der Waals surface area contributed by atoms with Crippen LogP contribution in [0.15, 0.2) is 23.6 Å². The van der Waals surface area contributed by atoms with E-state index in [1.54, 1.807) is 14.2 Å². The van der Waals surface area contributed by atoms with Crippen LogP contribution in [0.4, 0.5) is 5.13 Å². The van der Waals surface area contributed by atoms with Crippen molar-refractivity contribution in [3.8, 4) is 11.5 Å². The number of hydrogen-bond donors (Lipinski definition) is 1. The van der Waals surface area contributed by atoms with Gasteiger partial charge in [0.1, 0.15) is 11.5 Å². The number of thiazole rings is 1. The number of nitrogens with one attached hydrogen (secondary N) is 1. The summed E-state index contributed by atoms with van der Waals surface area (Å²) in [6, 6.07) is 5.62. The van der Waals surface area contributed by atoms with Gasteiger partial charge in [-0.25, -0.2) is 4.98 Å². The molecule has 0 saturated carbocycles. The highest BCUT2D eigenvalue weighted by atomic mass is 32.1. The van der Waals surface area contributed by atoms with Gasteiger partial charge in [-0.05, 0) is 56.1 Å². The number of carbonyl (C=O) groups is 1. The molecule has 7 heteroatoms. The first-order valence-electron chi connectivity index (χ1n) is 9.35. The fourth-order valence-corrected chi connectivity index (χ4v) is 4.01. The monoisotopic (exact) mass is 389 g/mol. The average molecular weight is 390 g/mol. The van der Waals surface area contributed by atoms with Crippen LogP contribution in [0.5, 0.6) is 11.5 Å². The molecule has 0 unspecified atom stereocenters. The zero-order chi connectivity index (χ0) is 19.1. The normalized spacial score (nSPS) is 14.7. The molecule has 0 aliphatic carbocycles. The average Bonchev–Trinajstić information content (AvgIpc) is 3.13. The number of hydrogen-bond acceptors (Lipinski definition) is 6. The number of methoxy groups -OCH3 is 2. The fraction of sp³-hybridized carbons (Fsp3) is 0.500. The van der Waals surface area contributed by atoms with Crippen LogP contribution in [0.1, 0.15) is 36.9 Å². The summed E-state index contributed by atoms with van der Waals surface area (Å²) in [5.74, 6) is 1.48. The predicted molar refractivity (Wildman–Crippen MR) is 108 cm³/mol. The van der Waals surface area contributed by atoms with E-state index in [-0.39, 0.29) is 5.91 Å². The molecule has 6 nitrogen and oxygen atoms in total. The Morgan fingerprint density at radius 2 is 2.04 bits per heavy atom. The lowest BCUT2D eigenvalue weighted by molar-refractivity contribution is -0.116. The van der Waals surface area contributed by atoms with Gasteiger partial charge < -0.3 is 14.8 Å². The molecule has 2 heterocycles. The van der Waals surface area contributed by atoms with Crippen molar-refractivity contribution in [2.75, 3.05) is 32.6 Å². The lowest BCUT2D eigenvalue weighted by atomic mass is 10.1. The van der Waals surface area contributed by atoms with Crippen molar-refractivity contribution >= 4 is 22.4 Å². The summed E-state index contributed by atoms with van der Waals surface area (Å²) in [4.78, 5) is 19.3. The molecule has 0 spiro atoms. The summed E-state index contributed by atoms with van der Waals surface area (Å²) in [6.45, 7) is 3.15. The molecule has 1 amide bonds. The molecule has 1 aliphatic heterocycles. The number of anilines is 1. The number of piperidine rings is 1. The van der Waals surface area contributed by atoms with E-state index in [1.165, 1.54) is 30.6 Å². The third-order valence-electron chi connectivity index (χ3n) is 4.74. The second-order valence-electron chi connectivity index (χ2n) is 6.71. The Kier molecular flexibility index (Phi) is 7.06. The summed E-state index contributed by atoms with van der Waals surface area (Å²) in [6.07, 6.45) is 4.80. The molecule has 27 heavy (non-hydrogen) atoms. The maximum Gasteiger partial charge on any atom is 0.226 e. The summed E-state index contributed by atoms with van der Waals surface area (Å²) < 4.78 is 10.6. The van der Waals surface area contributed by atoms with Crippen molar-refractivity contribution in [3.05, 3.63) is 34.8 Å². The molecule has 1 saturated heterocycles. The number of nitrogens with zero attached hydrogens (tertiary/aromatic N) is 2. The van der Waals surface area contributed by atoms with Gasteiger partial charge in [-0.15, -0.1) is 11.3 Å². The highest BCUT2D eigenvalue weighted by Crippen LogP contribution is 2.25. The van der Waals surface area contributed by atoms with Gasteiger partial charge >= 0.3 is 0 Å². The van der Waals surface area contributed by atoms with E-state index in [2.05, 4.69) is 15.2 Å². The smallest absolute Gasteiger partial charge is 0.226 e. The Bertz CT molecular complexity index is 757. The molecule has 2 aromatic rings. The van der Waals surface area contributed by atoms with Gasteiger partial charge in [0.05, 0.1) is 19.9 Å². The van der Waals surface area contributed by atoms with Crippen LogP contribution in [-0.4, -0.2) is 43.1 Å². The van der Waals surface area contributed by atoms with E-state index in [0.29, 0.717) is 18.0 Å². The van der Waals surface area contributed by atoms with Gasteiger partial charge in [0.25, 0.3) is 0 Å². The largest absolute Gasteiger partial charge is 0.497 e. The summed E-state index contributed by atoms with van der Waals surface area (Å²) in [5, 5.41) is 5.62. The Hall–Kier alpha value is -2.12. The topological polar surface area (TPSA) is 63.7 Å². The van der Waals surface area contributed by atoms with E-state index < -0.39 is 0 Å². The number of aryl methyl sites for hydroxylation is 1. The number of ether oxygens (including phenoxy) is 2. The molecule has 0 radical (unpaired) electrons. The standard InChI is InChI=1S/C20H27N3O3S/c1-25-17-7-8-18(26-2)15(12-17)6-9-19(24)22-20-21-16(14-27-20)13-23-10-4-3-5-11-23/h7-8,12,14H,3-6,9-11,13H2,1-2H3,(H,21,22,24). The number of carbonyl (C=O) groups excluding carboxylic acids is 1. The van der Waals surface area contributed by atoms with Crippen LogP contribution >= 0.6 is 11.3 Å². The van der Waals surface area contributed by atoms with Crippen LogP contribution in [0.2, 0.25) is 0 Å². The first-order chi connectivity index (χ1) is 13.2. The van der Waals surface area contributed by atoms with Crippen LogP contribution in [0.25, 0.3) is 0 Å². The number of aromatic nitrogens is 1. The van der Waals surface area contributed by atoms with Crippen LogP contribution in [-0.2, 0) is 17.8 Å². The Balaban J connectivity index is 1.51. The molecule has 3 rings (SSSR count). The lowest BCUT2D eigenvalue weighted by Crippen LogP contribution is -2.29. The fourth-order valence-electron chi connectivity index (χ4n) is 3.29. The number of likely N-dealkylation sites (tertiary alicyclic amines) is 1. The summed E-state index contributed by atoms with van der Waals surface area (Å²) in [7, 11) is 3.26. The second kappa shape index (κ2) is 9.71. The first kappa shape index (κ1) is 19.6. The van der Waals surface area contributed by atoms with Crippen LogP contribution in [0.3, 0.4) is 0 Å². The minimum atomic E-state index is -0.0428. The lowest BCUT2D eigenvalue weighted by Gasteiger charge is -2.25. The molecule has 0 bridgehead atoms. The SMILES string of the molecule is COc1ccc(OC)c(CCC(=O)Nc2nc(CN3CCCCC3)cs2)c1. The molecule has 1 fully saturated rings. The second-order valence-corrected chi connectivity index (χ2v) is 7.56. The van der Waals surface area contributed by atoms with Gasteiger partial charge in [0, 0.05) is 18.3 Å². The van der Waals surface area contributed by atoms with Gasteiger partial charge in [0.2, 0.25) is 5.91 Å². The third-order valence-corrected chi connectivity index (χ3v) is 5.55. The predicted octanol–water partition coefficient (Wildman–Crippen LogP) is 3.72. The highest BCUT2D eigenvalue weighted by Gasteiger charge is 2.14. The van der Waals surface area contributed by atoms with E-state index in [9.17, 15) is 4.79 Å². The molecule has 1 aromatic heterocycles. The Labute approximate surface area is 164 Å². The van der Waals surface area contributed by atoms with Gasteiger partial charge in [-0.3, -0.25) is 9.69 Å². The van der Waals surface area contributed by atoms with Gasteiger partial charge in [0.15, 0.2) is 5.13 Å². The van der Waals surface area contributed by atoms with E-state index in [1.807, 2.05) is 23.6 Å². The van der Waals surface area contributed by atoms with Gasteiger partial charge in [-0.2, -0.15) is 0 Å². The summed E-state index contributed by atoms with van der Waals surface area (Å²) >= 11 is 1.49. The quantitative estimate of drug-likeness (QED) is 0.745. The van der Waals surface area contributed by atoms with Crippen molar-refractivity contribution in [2.45, 2.75) is 38.6 Å². The maximum atomic E-state index is 12.3. The number of amides is 1. The van der Waals surface area contributed by atoms with Crippen molar-refractivity contribution in [2.24, 2.45) is 0 Å². The zero-order valence-corrected chi connectivity index (χ0v) is 16.8. The van der Waals surface area contributed by atoms with Crippen molar-refractivity contribution in [1.29, 1.82) is 0 Å². The molecule has 0 atom stereocenters. The number of rotatable bonds is 8. The molecule has 1 aromatic carbocycles. The minimum Gasteiger partial charge on any atom is -0.497 e. The summed E-state index contributed by atoms with van der Waals surface area (Å²) in [5.41, 5.74) is 1.99. The molecule has 1 aliphatic rings. The van der Waals surface area contributed by atoms with Crippen LogP contribution < -0.4 is 14.8 Å². The van der Waals surface area contributed by atoms with E-state index in [4.69, 9.17) is 9.47 Å². The Morgan fingerprint density at radius 3 is 2.78 bits per heavy atom. The number of benzene rings is 1. The minimum absolute atomic E-state index is 0.0428. The third kappa shape index (κ3) is 5.68. The zero-order valence-electron chi connectivity index (χ0n) is 16.0. The molecular formula is C20H27N3O3S. The molecule has 1 N–H and O–H groups in total. The maximum absolute atomic E-state index is 12.3. The van der Waals surface area contributed by atoms with Crippen molar-refractivity contribution < 1.29 is 14.3 Å². The molecule has 146 valence electrons. The highest BCUT2D eigenvalue weighted by molar-refractivity contribution is 7.13. The Morgan fingerprint density at radius 1 is 1.22 bits per heavy atom. The van der Waals surface area contributed by atoms with Gasteiger partial charge in [-0.1, -0.05) is 6.42 Å². The van der Waals surface area contributed by atoms with Crippen molar-refractivity contribution in [1.82, 2.24) is 9.88 Å². The first-order valence-corrected chi connectivity index (χ1v) is 10.2. The molecular weight excluding hydrogens is 362 g/mol. The van der Waals surface area contributed by atoms with Crippen molar-refractivity contribution in [3.63, 3.8) is 0 Å².